The fourth-order valence-corrected chi connectivity index (χ4v) is 8.85. The molecule has 2 N–H and O–H groups in total. The number of fused-ring (bicyclic) bond motifs is 2. The van der Waals surface area contributed by atoms with Crippen molar-refractivity contribution in [2.24, 2.45) is 13.0 Å². The van der Waals surface area contributed by atoms with Gasteiger partial charge in [0.2, 0.25) is 11.8 Å². The summed E-state index contributed by atoms with van der Waals surface area (Å²) in [6.07, 6.45) is 2.22. The molecule has 3 fully saturated rings. The van der Waals surface area contributed by atoms with E-state index in [4.69, 9.17) is 0 Å². The van der Waals surface area contributed by atoms with Crippen molar-refractivity contribution in [3.05, 3.63) is 81.8 Å². The fourth-order valence-electron chi connectivity index (χ4n) is 8.85. The second kappa shape index (κ2) is 14.5. The number of aryl methyl sites for hydroxylation is 2. The van der Waals surface area contributed by atoms with Crippen LogP contribution in [-0.2, 0) is 22.8 Å². The number of nitrogens with one attached hydrogen (secondary N) is 2. The van der Waals surface area contributed by atoms with Crippen LogP contribution in [0.4, 0.5) is 27.8 Å². The van der Waals surface area contributed by atoms with E-state index in [1.54, 1.807) is 25.1 Å². The second-order valence-electron chi connectivity index (χ2n) is 15.5. The average molecular weight is 794 g/mol. The van der Waals surface area contributed by atoms with Crippen LogP contribution in [0.1, 0.15) is 90.3 Å². The van der Waals surface area contributed by atoms with Gasteiger partial charge in [-0.1, -0.05) is 12.1 Å². The Morgan fingerprint density at radius 2 is 1.81 bits per heavy atom. The van der Waals surface area contributed by atoms with Gasteiger partial charge in [-0.05, 0) is 93.3 Å². The predicted molar refractivity (Wildman–Crippen MR) is 198 cm³/mol. The van der Waals surface area contributed by atoms with Crippen LogP contribution in [0.2, 0.25) is 0 Å². The number of amides is 3. The average Bonchev–Trinajstić information content (AvgIpc) is 3.69. The number of anilines is 1. The fraction of sp³-hybridized carbons (Fsp3) is 0.462. The Kier molecular flexibility index (Phi) is 9.72. The lowest BCUT2D eigenvalue weighted by molar-refractivity contribution is -0.141. The number of rotatable bonds is 7. The van der Waals surface area contributed by atoms with Crippen LogP contribution in [0.5, 0.6) is 0 Å². The maximum Gasteiger partial charge on any atom is 0.433 e. The van der Waals surface area contributed by atoms with Gasteiger partial charge in [0.1, 0.15) is 28.8 Å². The van der Waals surface area contributed by atoms with Crippen LogP contribution in [0.15, 0.2) is 53.6 Å². The van der Waals surface area contributed by atoms with E-state index in [1.807, 2.05) is 15.8 Å². The number of pyridine rings is 2. The molecule has 5 aromatic rings. The van der Waals surface area contributed by atoms with Gasteiger partial charge in [-0.2, -0.15) is 18.3 Å². The van der Waals surface area contributed by atoms with Crippen LogP contribution < -0.4 is 16.3 Å². The molecular weight excluding hydrogens is 753 g/mol. The first-order valence-corrected chi connectivity index (χ1v) is 18.9. The lowest BCUT2D eigenvalue weighted by Crippen LogP contribution is -2.49. The van der Waals surface area contributed by atoms with Gasteiger partial charge in [-0.15, -0.1) is 0 Å². The number of imide groups is 1. The lowest BCUT2D eigenvalue weighted by atomic mass is 9.81. The highest BCUT2D eigenvalue weighted by Gasteiger charge is 2.47. The van der Waals surface area contributed by atoms with Crippen LogP contribution in [0, 0.1) is 12.8 Å². The highest BCUT2D eigenvalue weighted by molar-refractivity contribution is 6.03. The number of carbonyl (C=O) groups is 3. The molecule has 0 spiro atoms. The van der Waals surface area contributed by atoms with Gasteiger partial charge in [0.25, 0.3) is 11.8 Å². The van der Waals surface area contributed by atoms with Gasteiger partial charge in [-0.3, -0.25) is 38.4 Å². The third-order valence-corrected chi connectivity index (χ3v) is 11.7. The minimum Gasteiger partial charge on any atom is -0.305 e. The van der Waals surface area contributed by atoms with Gasteiger partial charge in [-0.25, -0.2) is 23.5 Å². The van der Waals surface area contributed by atoms with E-state index in [2.05, 4.69) is 25.7 Å². The molecule has 3 amide bonds. The van der Waals surface area contributed by atoms with Crippen molar-refractivity contribution < 1.29 is 36.3 Å². The lowest BCUT2D eigenvalue weighted by Gasteiger charge is -2.41. The highest BCUT2D eigenvalue weighted by atomic mass is 19.4. The van der Waals surface area contributed by atoms with Crippen molar-refractivity contribution >= 4 is 45.5 Å². The summed E-state index contributed by atoms with van der Waals surface area (Å²) in [6.45, 7) is 2.33. The van der Waals surface area contributed by atoms with Crippen molar-refractivity contribution in [1.82, 2.24) is 39.1 Å². The number of hydrogen-bond acceptors (Lipinski definition) is 8. The quantitative estimate of drug-likeness (QED) is 0.153. The number of carbonyl (C=O) groups excluding carboxylic acids is 3. The maximum absolute atomic E-state index is 16.3. The summed E-state index contributed by atoms with van der Waals surface area (Å²) in [6, 6.07) is 7.24. The minimum atomic E-state index is -4.69. The molecule has 2 aliphatic heterocycles. The molecule has 2 unspecified atom stereocenters. The summed E-state index contributed by atoms with van der Waals surface area (Å²) in [7, 11) is 1.53. The van der Waals surface area contributed by atoms with E-state index in [0.717, 1.165) is 37.8 Å². The first-order valence-electron chi connectivity index (χ1n) is 18.9. The molecule has 2 atom stereocenters. The third-order valence-electron chi connectivity index (χ3n) is 11.7. The number of likely N-dealkylation sites (tertiary alicyclic amines) is 1. The molecule has 3 aliphatic rings. The zero-order valence-electron chi connectivity index (χ0n) is 31.2. The molecule has 4 aromatic heterocycles. The highest BCUT2D eigenvalue weighted by Crippen LogP contribution is 2.45. The molecule has 0 radical (unpaired) electrons. The van der Waals surface area contributed by atoms with Crippen molar-refractivity contribution in [3.63, 3.8) is 0 Å². The Morgan fingerprint density at radius 3 is 2.53 bits per heavy atom. The molecule has 6 heterocycles. The summed E-state index contributed by atoms with van der Waals surface area (Å²) in [4.78, 5) is 60.1. The summed E-state index contributed by atoms with van der Waals surface area (Å²) >= 11 is 0. The Bertz CT molecular complexity index is 2470. The molecule has 1 aliphatic carbocycles. The summed E-state index contributed by atoms with van der Waals surface area (Å²) in [5.41, 5.74) is 0.352. The van der Waals surface area contributed by atoms with Gasteiger partial charge >= 0.3 is 11.9 Å². The Hall–Kier alpha value is -5.52. The van der Waals surface area contributed by atoms with Gasteiger partial charge in [0, 0.05) is 31.6 Å². The molecular formula is C39H40F5N9O4. The number of benzene rings is 1. The van der Waals surface area contributed by atoms with Crippen molar-refractivity contribution in [3.8, 4) is 0 Å². The zero-order chi connectivity index (χ0) is 40.4. The molecule has 18 heteroatoms. The number of imidazole rings is 1. The number of alkyl halides is 5. The monoisotopic (exact) mass is 793 g/mol. The second-order valence-corrected chi connectivity index (χ2v) is 15.5. The van der Waals surface area contributed by atoms with Gasteiger partial charge < -0.3 is 5.32 Å². The number of aromatic nitrogens is 6. The van der Waals surface area contributed by atoms with E-state index in [1.165, 1.54) is 28.4 Å². The molecule has 2 saturated heterocycles. The molecule has 8 rings (SSSR count). The van der Waals surface area contributed by atoms with E-state index >= 15 is 8.78 Å². The Labute approximate surface area is 322 Å². The summed E-state index contributed by atoms with van der Waals surface area (Å²) in [5, 5.41) is 10.1. The first kappa shape index (κ1) is 38.4. The van der Waals surface area contributed by atoms with Crippen molar-refractivity contribution in [1.29, 1.82) is 0 Å². The first-order chi connectivity index (χ1) is 27.1. The summed E-state index contributed by atoms with van der Waals surface area (Å²) in [5.74, 6) is -5.70. The molecule has 1 aromatic carbocycles. The SMILES string of the molecule is Cc1ccc2c(c1C1CCN(CC3CCC(n4cc5cc(NC(=O)c6cccc(C(F)(F)F)n6)ncc5n4)CC3)CC1(F)F)n(C)c(=O)n2C1CCC(=O)NC1=O. The summed E-state index contributed by atoms with van der Waals surface area (Å²) < 4.78 is 76.3. The Balaban J connectivity index is 0.901. The molecule has 57 heavy (non-hydrogen) atoms. The minimum absolute atomic E-state index is 0.0655. The largest absolute Gasteiger partial charge is 0.433 e. The normalized spacial score (nSPS) is 23.2. The predicted octanol–water partition coefficient (Wildman–Crippen LogP) is 5.89. The third kappa shape index (κ3) is 7.30. The van der Waals surface area contributed by atoms with Crippen molar-refractivity contribution in [2.45, 2.75) is 82.0 Å². The number of nitrogens with zero attached hydrogens (tertiary/aromatic N) is 7. The Morgan fingerprint density at radius 1 is 1.04 bits per heavy atom. The molecule has 1 saturated carbocycles. The van der Waals surface area contributed by atoms with E-state index < -0.39 is 65.4 Å². The molecule has 300 valence electrons. The van der Waals surface area contributed by atoms with Crippen LogP contribution in [0.25, 0.3) is 21.9 Å². The maximum atomic E-state index is 16.3. The number of hydrogen-bond donors (Lipinski definition) is 2. The van der Waals surface area contributed by atoms with Gasteiger partial charge in [0.05, 0.1) is 35.7 Å². The van der Waals surface area contributed by atoms with E-state index in [0.29, 0.717) is 46.2 Å². The number of piperidine rings is 2. The van der Waals surface area contributed by atoms with Crippen molar-refractivity contribution in [2.75, 3.05) is 25.0 Å². The number of halogens is 5. The van der Waals surface area contributed by atoms with Crippen LogP contribution >= 0.6 is 0 Å². The van der Waals surface area contributed by atoms with E-state index in [-0.39, 0.29) is 37.0 Å². The zero-order valence-corrected chi connectivity index (χ0v) is 31.2. The van der Waals surface area contributed by atoms with Gasteiger partial charge in [0.15, 0.2) is 0 Å². The molecule has 13 nitrogen and oxygen atoms in total. The standard InChI is InChI=1S/C39H40F5N9O4/c1-21-6-11-28-34(50(2)37(57)53(28)29-12-13-32(54)48-36(29)56)33(21)25-14-15-51(20-38(25,40)41)18-22-7-9-24(10-8-22)52-19-23-16-31(45-17-27(23)49-52)47-35(55)26-4-3-5-30(46-26)39(42,43)44/h3-6,11,16-17,19,22,24-25,29H,7-10,12-15,18,20H2,1-2H3,(H,47,55)(H,48,54,56). The molecule has 0 bridgehead atoms. The topological polar surface area (TPSA) is 149 Å². The van der Waals surface area contributed by atoms with E-state index in [9.17, 15) is 32.3 Å². The van der Waals surface area contributed by atoms with Crippen LogP contribution in [0.3, 0.4) is 0 Å². The van der Waals surface area contributed by atoms with Crippen LogP contribution in [-0.4, -0.2) is 77.1 Å². The smallest absolute Gasteiger partial charge is 0.305 e.